The number of rotatable bonds is 3. The summed E-state index contributed by atoms with van der Waals surface area (Å²) in [5.41, 5.74) is 5.86. The lowest BCUT2D eigenvalue weighted by molar-refractivity contribution is -0.107. The Labute approximate surface area is 154 Å². The predicted molar refractivity (Wildman–Crippen MR) is 97.5 cm³/mol. The van der Waals surface area contributed by atoms with E-state index in [4.69, 9.17) is 10.5 Å². The first-order chi connectivity index (χ1) is 12.4. The Bertz CT molecular complexity index is 729. The van der Waals surface area contributed by atoms with Gasteiger partial charge in [0.2, 0.25) is 0 Å². The molecule has 1 aromatic carbocycles. The second kappa shape index (κ2) is 6.51. The Morgan fingerprint density at radius 2 is 1.88 bits per heavy atom. The normalized spacial score (nSPS) is 32.5. The molecule has 0 aromatic heterocycles. The molecule has 2 amide bonds. The maximum absolute atomic E-state index is 11.0. The van der Waals surface area contributed by atoms with Crippen LogP contribution >= 0.6 is 0 Å². The zero-order chi connectivity index (χ0) is 18.3. The van der Waals surface area contributed by atoms with Crippen LogP contribution in [0, 0.1) is 29.6 Å². The highest BCUT2D eigenvalue weighted by molar-refractivity contribution is 5.71. The molecule has 26 heavy (non-hydrogen) atoms. The molecular formula is C21H26N2O3. The van der Waals surface area contributed by atoms with E-state index in [1.807, 2.05) is 24.3 Å². The van der Waals surface area contributed by atoms with Crippen molar-refractivity contribution in [1.82, 2.24) is 5.06 Å². The van der Waals surface area contributed by atoms with E-state index in [-0.39, 0.29) is 5.60 Å². The quantitative estimate of drug-likeness (QED) is 0.495. The van der Waals surface area contributed by atoms with Gasteiger partial charge in [0.15, 0.2) is 0 Å². The van der Waals surface area contributed by atoms with Crippen molar-refractivity contribution in [2.45, 2.75) is 57.1 Å². The third-order valence-corrected chi connectivity index (χ3v) is 6.17. The molecule has 0 spiro atoms. The molecule has 0 heterocycles. The van der Waals surface area contributed by atoms with Crippen LogP contribution in [0.2, 0.25) is 0 Å². The largest absolute Gasteiger partial charge is 0.487 e. The number of carbonyl (C=O) groups excluding carboxylic acids is 1. The number of ether oxygens (including phenoxy) is 1. The molecule has 4 fully saturated rings. The van der Waals surface area contributed by atoms with E-state index in [0.717, 1.165) is 29.1 Å². The Morgan fingerprint density at radius 3 is 2.46 bits per heavy atom. The molecule has 4 aliphatic carbocycles. The summed E-state index contributed by atoms with van der Waals surface area (Å²) in [4.78, 5) is 11.0. The number of hydroxylamine groups is 2. The van der Waals surface area contributed by atoms with Gasteiger partial charge in [-0.25, -0.2) is 4.79 Å². The molecule has 138 valence electrons. The predicted octanol–water partition coefficient (Wildman–Crippen LogP) is 3.54. The van der Waals surface area contributed by atoms with Crippen LogP contribution in [0.5, 0.6) is 5.75 Å². The molecule has 0 radical (unpaired) electrons. The van der Waals surface area contributed by atoms with Crippen LogP contribution in [0.15, 0.2) is 24.3 Å². The molecule has 4 saturated carbocycles. The lowest BCUT2D eigenvalue weighted by Gasteiger charge is -2.56. The van der Waals surface area contributed by atoms with Crippen molar-refractivity contribution >= 4 is 6.03 Å². The van der Waals surface area contributed by atoms with Gasteiger partial charge < -0.3 is 10.5 Å². The van der Waals surface area contributed by atoms with Crippen LogP contribution in [-0.4, -0.2) is 27.9 Å². The van der Waals surface area contributed by atoms with Crippen molar-refractivity contribution in [1.29, 1.82) is 0 Å². The van der Waals surface area contributed by atoms with Gasteiger partial charge in [-0.05, 0) is 81.4 Å². The first-order valence-corrected chi connectivity index (χ1v) is 9.51. The number of urea groups is 1. The molecule has 4 aliphatic rings. The molecule has 0 aliphatic heterocycles. The summed E-state index contributed by atoms with van der Waals surface area (Å²) in [5, 5.41) is 9.93. The molecule has 1 aromatic rings. The minimum absolute atomic E-state index is 0.0158. The van der Waals surface area contributed by atoms with Crippen LogP contribution in [0.4, 0.5) is 4.79 Å². The summed E-state index contributed by atoms with van der Waals surface area (Å²) >= 11 is 0. The van der Waals surface area contributed by atoms with E-state index in [0.29, 0.717) is 5.06 Å². The topological polar surface area (TPSA) is 75.8 Å². The van der Waals surface area contributed by atoms with E-state index in [9.17, 15) is 10.0 Å². The highest BCUT2D eigenvalue weighted by Gasteiger charge is 2.52. The highest BCUT2D eigenvalue weighted by atomic mass is 16.5. The number of nitrogens with zero attached hydrogens (tertiary/aromatic N) is 1. The van der Waals surface area contributed by atoms with Crippen molar-refractivity contribution in [3.05, 3.63) is 29.8 Å². The summed E-state index contributed by atoms with van der Waals surface area (Å²) in [6, 6.07) is 6.21. The minimum Gasteiger partial charge on any atom is -0.487 e. The average molecular weight is 354 g/mol. The third kappa shape index (κ3) is 3.39. The fourth-order valence-corrected chi connectivity index (χ4v) is 5.48. The van der Waals surface area contributed by atoms with E-state index >= 15 is 0 Å². The van der Waals surface area contributed by atoms with Crippen molar-refractivity contribution in [2.75, 3.05) is 0 Å². The van der Waals surface area contributed by atoms with Gasteiger partial charge in [-0.15, -0.1) is 0 Å². The summed E-state index contributed by atoms with van der Waals surface area (Å²) in [6.45, 7) is 1.62. The molecule has 4 bridgehead atoms. The van der Waals surface area contributed by atoms with Crippen LogP contribution in [-0.2, 0) is 0 Å². The summed E-state index contributed by atoms with van der Waals surface area (Å²) in [5.74, 6) is 9.21. The fraction of sp³-hybridized carbons (Fsp3) is 0.571. The van der Waals surface area contributed by atoms with Crippen molar-refractivity contribution in [2.24, 2.45) is 23.5 Å². The van der Waals surface area contributed by atoms with Crippen LogP contribution in [0.1, 0.15) is 51.0 Å². The summed E-state index contributed by atoms with van der Waals surface area (Å²) in [7, 11) is 0. The lowest BCUT2D eigenvalue weighted by Crippen LogP contribution is -2.53. The molecule has 5 nitrogen and oxygen atoms in total. The number of hydrogen-bond acceptors (Lipinski definition) is 3. The Kier molecular flexibility index (Phi) is 4.32. The van der Waals surface area contributed by atoms with E-state index in [2.05, 4.69) is 11.8 Å². The van der Waals surface area contributed by atoms with Gasteiger partial charge in [-0.1, -0.05) is 17.9 Å². The summed E-state index contributed by atoms with van der Waals surface area (Å²) < 4.78 is 6.55. The maximum atomic E-state index is 11.0. The van der Waals surface area contributed by atoms with E-state index in [1.54, 1.807) is 6.92 Å². The zero-order valence-electron chi connectivity index (χ0n) is 15.1. The standard InChI is InChI=1S/C21H26N2O3/c1-14(23(25)20(22)24)5-6-15-3-2-4-19(10-15)26-21-11-16-7-17(12-21)9-18(8-16)13-21/h2-4,10,14,16-18,25H,7-9,11-13H2,1H3,(H2,22,24)/t14-,16-,17-,18-,21-/m1/s1. The van der Waals surface area contributed by atoms with Crippen LogP contribution in [0.3, 0.4) is 0 Å². The van der Waals surface area contributed by atoms with Crippen molar-refractivity contribution in [3.8, 4) is 17.6 Å². The number of amides is 2. The monoisotopic (exact) mass is 354 g/mol. The van der Waals surface area contributed by atoms with Gasteiger partial charge >= 0.3 is 6.03 Å². The van der Waals surface area contributed by atoms with Gasteiger partial charge in [-0.2, -0.15) is 5.06 Å². The molecular weight excluding hydrogens is 328 g/mol. The van der Waals surface area contributed by atoms with Crippen molar-refractivity contribution < 1.29 is 14.7 Å². The Morgan fingerprint density at radius 1 is 1.27 bits per heavy atom. The van der Waals surface area contributed by atoms with Crippen molar-refractivity contribution in [3.63, 3.8) is 0 Å². The van der Waals surface area contributed by atoms with Gasteiger partial charge in [0, 0.05) is 5.56 Å². The van der Waals surface area contributed by atoms with E-state index < -0.39 is 12.1 Å². The molecule has 5 heteroatoms. The zero-order valence-corrected chi connectivity index (χ0v) is 15.1. The molecule has 0 saturated heterocycles. The lowest BCUT2D eigenvalue weighted by atomic mass is 9.54. The first kappa shape index (κ1) is 17.2. The van der Waals surface area contributed by atoms with Gasteiger partial charge in [-0.3, -0.25) is 5.21 Å². The van der Waals surface area contributed by atoms with Crippen LogP contribution < -0.4 is 10.5 Å². The number of benzene rings is 1. The highest BCUT2D eigenvalue weighted by Crippen LogP contribution is 2.57. The van der Waals surface area contributed by atoms with Gasteiger partial charge in [0.1, 0.15) is 17.4 Å². The number of carbonyl (C=O) groups is 1. The molecule has 5 rings (SSSR count). The van der Waals surface area contributed by atoms with Crippen LogP contribution in [0.25, 0.3) is 0 Å². The second-order valence-electron chi connectivity index (χ2n) is 8.36. The van der Waals surface area contributed by atoms with E-state index in [1.165, 1.54) is 38.5 Å². The maximum Gasteiger partial charge on any atom is 0.339 e. The third-order valence-electron chi connectivity index (χ3n) is 6.17. The first-order valence-electron chi connectivity index (χ1n) is 9.51. The summed E-state index contributed by atoms with van der Waals surface area (Å²) in [6.07, 6.45) is 7.73. The number of nitrogens with two attached hydrogens (primary N) is 1. The molecule has 1 atom stereocenters. The Hall–Kier alpha value is -2.19. The fourth-order valence-electron chi connectivity index (χ4n) is 5.48. The smallest absolute Gasteiger partial charge is 0.339 e. The number of hydrogen-bond donors (Lipinski definition) is 2. The van der Waals surface area contributed by atoms with Gasteiger partial charge in [0.25, 0.3) is 0 Å². The SMILES string of the molecule is C[C@H](C#Cc1cccc(O[C@]23C[C@H]4C[C@@H](C[C@H](C4)C2)C3)c1)N(O)C(N)=O. The van der Waals surface area contributed by atoms with Gasteiger partial charge in [0.05, 0.1) is 0 Å². The Balaban J connectivity index is 1.48. The average Bonchev–Trinajstić information content (AvgIpc) is 2.57. The second-order valence-corrected chi connectivity index (χ2v) is 8.36. The molecule has 0 unspecified atom stereocenters. The molecule has 3 N–H and O–H groups in total. The minimum atomic E-state index is -0.911. The number of primary amides is 1.